The first kappa shape index (κ1) is 16.7. The lowest BCUT2D eigenvalue weighted by Crippen LogP contribution is -2.38. The number of nitrogens with zero attached hydrogens (tertiary/aromatic N) is 1. The maximum atomic E-state index is 14.3. The van der Waals surface area contributed by atoms with Gasteiger partial charge in [-0.3, -0.25) is 0 Å². The molecule has 2 rings (SSSR count). The predicted octanol–water partition coefficient (Wildman–Crippen LogP) is 2.92. The van der Waals surface area contributed by atoms with E-state index in [1.54, 1.807) is 0 Å². The number of hydrogen-bond donors (Lipinski definition) is 1. The Morgan fingerprint density at radius 3 is 2.76 bits per heavy atom. The second-order valence-corrected chi connectivity index (χ2v) is 7.64. The van der Waals surface area contributed by atoms with Gasteiger partial charge in [-0.15, -0.1) is 0 Å². The lowest BCUT2D eigenvalue weighted by atomic mass is 10.1. The molecule has 1 saturated heterocycles. The van der Waals surface area contributed by atoms with Crippen molar-refractivity contribution in [3.63, 3.8) is 0 Å². The monoisotopic (exact) mass is 335 g/mol. The van der Waals surface area contributed by atoms with Gasteiger partial charge in [0.25, 0.3) is 0 Å². The molecule has 1 N–H and O–H groups in total. The Morgan fingerprint density at radius 2 is 2.10 bits per heavy atom. The van der Waals surface area contributed by atoms with Gasteiger partial charge in [0.1, 0.15) is 10.7 Å². The number of aliphatic hydroxyl groups excluding tert-OH is 1. The fourth-order valence-electron chi connectivity index (χ4n) is 2.65. The fraction of sp³-hybridized carbons (Fsp3) is 0.571. The van der Waals surface area contributed by atoms with E-state index in [2.05, 4.69) is 0 Å². The van der Waals surface area contributed by atoms with E-state index in [4.69, 9.17) is 16.7 Å². The molecule has 1 fully saturated rings. The molecule has 21 heavy (non-hydrogen) atoms. The molecule has 4 nitrogen and oxygen atoms in total. The molecular formula is C14H19ClFNO3S. The molecule has 0 amide bonds. The zero-order valence-electron chi connectivity index (χ0n) is 11.8. The third kappa shape index (κ3) is 3.39. The Bertz CT molecular complexity index is 621. The first-order chi connectivity index (χ1) is 9.87. The summed E-state index contributed by atoms with van der Waals surface area (Å²) in [7, 11) is -3.96. The number of hydrogen-bond acceptors (Lipinski definition) is 3. The summed E-state index contributed by atoms with van der Waals surface area (Å²) in [6.45, 7) is 1.62. The van der Waals surface area contributed by atoms with Gasteiger partial charge in [-0.25, -0.2) is 12.8 Å². The van der Waals surface area contributed by atoms with Crippen LogP contribution in [0.2, 0.25) is 5.02 Å². The maximum Gasteiger partial charge on any atom is 0.246 e. The molecule has 1 aromatic carbocycles. The molecule has 0 aliphatic carbocycles. The Labute approximate surface area is 129 Å². The van der Waals surface area contributed by atoms with E-state index < -0.39 is 27.3 Å². The molecule has 0 aromatic heterocycles. The molecular weight excluding hydrogens is 317 g/mol. The number of aliphatic hydroxyl groups is 1. The van der Waals surface area contributed by atoms with E-state index in [1.165, 1.54) is 10.4 Å². The zero-order chi connectivity index (χ0) is 15.6. The highest BCUT2D eigenvalue weighted by molar-refractivity contribution is 7.89. The Hall–Kier alpha value is -0.690. The van der Waals surface area contributed by atoms with Gasteiger partial charge >= 0.3 is 0 Å². The summed E-state index contributed by atoms with van der Waals surface area (Å²) < 4.78 is 41.1. The Morgan fingerprint density at radius 1 is 1.38 bits per heavy atom. The van der Waals surface area contributed by atoms with Gasteiger partial charge in [-0.1, -0.05) is 24.4 Å². The zero-order valence-corrected chi connectivity index (χ0v) is 13.4. The topological polar surface area (TPSA) is 57.6 Å². The highest BCUT2D eigenvalue weighted by Gasteiger charge is 2.33. The minimum absolute atomic E-state index is 0.0986. The predicted molar refractivity (Wildman–Crippen MR) is 79.2 cm³/mol. The molecule has 1 heterocycles. The fourth-order valence-corrected chi connectivity index (χ4v) is 4.79. The van der Waals surface area contributed by atoms with Gasteiger partial charge < -0.3 is 5.11 Å². The number of sulfonamides is 1. The SMILES string of the molecule is CC1CCCCCN1S(=O)(=O)c1cc(Cl)cc(CO)c1F. The molecule has 1 aromatic rings. The van der Waals surface area contributed by atoms with Crippen molar-refractivity contribution in [3.05, 3.63) is 28.5 Å². The van der Waals surface area contributed by atoms with Gasteiger partial charge in [0, 0.05) is 23.2 Å². The van der Waals surface area contributed by atoms with Crippen molar-refractivity contribution in [2.75, 3.05) is 6.54 Å². The molecule has 1 unspecified atom stereocenters. The van der Waals surface area contributed by atoms with Crippen LogP contribution in [0.15, 0.2) is 17.0 Å². The summed E-state index contributed by atoms with van der Waals surface area (Å²) in [5.74, 6) is -0.918. The highest BCUT2D eigenvalue weighted by atomic mass is 35.5. The summed E-state index contributed by atoms with van der Waals surface area (Å²) in [6, 6.07) is 2.18. The highest BCUT2D eigenvalue weighted by Crippen LogP contribution is 2.29. The minimum atomic E-state index is -3.96. The van der Waals surface area contributed by atoms with Crippen molar-refractivity contribution < 1.29 is 17.9 Å². The average Bonchev–Trinajstić information content (AvgIpc) is 2.65. The van der Waals surface area contributed by atoms with Crippen LogP contribution in [0.25, 0.3) is 0 Å². The summed E-state index contributed by atoms with van der Waals surface area (Å²) in [5.41, 5.74) is -0.108. The van der Waals surface area contributed by atoms with Crippen LogP contribution in [0.1, 0.15) is 38.2 Å². The van der Waals surface area contributed by atoms with Crippen molar-refractivity contribution in [3.8, 4) is 0 Å². The lowest BCUT2D eigenvalue weighted by Gasteiger charge is -2.26. The molecule has 1 aliphatic heterocycles. The van der Waals surface area contributed by atoms with E-state index >= 15 is 0 Å². The maximum absolute atomic E-state index is 14.3. The van der Waals surface area contributed by atoms with Gasteiger partial charge in [0.05, 0.1) is 6.61 Å². The molecule has 0 radical (unpaired) electrons. The normalized spacial score (nSPS) is 21.2. The number of benzene rings is 1. The number of halogens is 2. The van der Waals surface area contributed by atoms with Gasteiger partial charge in [0.15, 0.2) is 0 Å². The van der Waals surface area contributed by atoms with Crippen molar-refractivity contribution in [2.45, 2.75) is 50.2 Å². The van der Waals surface area contributed by atoms with Crippen molar-refractivity contribution in [1.29, 1.82) is 0 Å². The minimum Gasteiger partial charge on any atom is -0.392 e. The van der Waals surface area contributed by atoms with E-state index in [0.717, 1.165) is 31.7 Å². The van der Waals surface area contributed by atoms with E-state index in [9.17, 15) is 12.8 Å². The third-order valence-corrected chi connectivity index (χ3v) is 6.06. The lowest BCUT2D eigenvalue weighted by molar-refractivity contribution is 0.274. The van der Waals surface area contributed by atoms with Crippen LogP contribution in [0.4, 0.5) is 4.39 Å². The molecule has 0 spiro atoms. The molecule has 118 valence electrons. The molecule has 7 heteroatoms. The van der Waals surface area contributed by atoms with E-state index in [1.807, 2.05) is 6.92 Å². The standard InChI is InChI=1S/C14H19ClFNO3S/c1-10-5-3-2-4-6-17(10)21(19,20)13-8-12(15)7-11(9-18)14(13)16/h7-8,10,18H,2-6,9H2,1H3. The quantitative estimate of drug-likeness (QED) is 0.924. The van der Waals surface area contributed by atoms with Gasteiger partial charge in [-0.05, 0) is 31.9 Å². The summed E-state index contributed by atoms with van der Waals surface area (Å²) >= 11 is 5.85. The summed E-state index contributed by atoms with van der Waals surface area (Å²) in [6.07, 6.45) is 3.45. The van der Waals surface area contributed by atoms with Crippen LogP contribution < -0.4 is 0 Å². The average molecular weight is 336 g/mol. The Kier molecular flexibility index (Phi) is 5.24. The van der Waals surface area contributed by atoms with Crippen LogP contribution in [0.3, 0.4) is 0 Å². The molecule has 1 aliphatic rings. The first-order valence-electron chi connectivity index (χ1n) is 6.98. The second-order valence-electron chi connectivity index (χ2n) is 5.35. The van der Waals surface area contributed by atoms with Gasteiger partial charge in [0.2, 0.25) is 10.0 Å². The molecule has 1 atom stereocenters. The van der Waals surface area contributed by atoms with Crippen molar-refractivity contribution in [1.82, 2.24) is 4.31 Å². The van der Waals surface area contributed by atoms with Gasteiger partial charge in [-0.2, -0.15) is 4.31 Å². The van der Waals surface area contributed by atoms with E-state index in [-0.39, 0.29) is 16.6 Å². The van der Waals surface area contributed by atoms with Crippen LogP contribution in [0.5, 0.6) is 0 Å². The second kappa shape index (κ2) is 6.60. The van der Waals surface area contributed by atoms with Crippen LogP contribution in [-0.4, -0.2) is 30.4 Å². The Balaban J connectivity index is 2.50. The summed E-state index contributed by atoms with van der Waals surface area (Å²) in [5, 5.41) is 9.23. The number of rotatable bonds is 3. The largest absolute Gasteiger partial charge is 0.392 e. The molecule has 0 saturated carbocycles. The smallest absolute Gasteiger partial charge is 0.246 e. The third-order valence-electron chi connectivity index (χ3n) is 3.83. The van der Waals surface area contributed by atoms with Crippen molar-refractivity contribution in [2.24, 2.45) is 0 Å². The first-order valence-corrected chi connectivity index (χ1v) is 8.80. The molecule has 0 bridgehead atoms. The summed E-state index contributed by atoms with van der Waals surface area (Å²) in [4.78, 5) is -0.451. The van der Waals surface area contributed by atoms with E-state index in [0.29, 0.717) is 6.54 Å². The van der Waals surface area contributed by atoms with Crippen molar-refractivity contribution >= 4 is 21.6 Å². The van der Waals surface area contributed by atoms with Crippen LogP contribution >= 0.6 is 11.6 Å². The van der Waals surface area contributed by atoms with Crippen LogP contribution in [0, 0.1) is 5.82 Å². The van der Waals surface area contributed by atoms with Crippen LogP contribution in [-0.2, 0) is 16.6 Å².